The third-order valence-electron chi connectivity index (χ3n) is 4.04. The van der Waals surface area contributed by atoms with Gasteiger partial charge >= 0.3 is 0 Å². The van der Waals surface area contributed by atoms with Gasteiger partial charge in [0, 0.05) is 29.0 Å². The molecule has 140 valence electrons. The number of nitrogens with zero attached hydrogens (tertiary/aromatic N) is 4. The number of carbonyl (C=O) groups excluding carboxylic acids is 1. The van der Waals surface area contributed by atoms with E-state index in [-0.39, 0.29) is 24.4 Å². The average Bonchev–Trinajstić information content (AvgIpc) is 3.17. The van der Waals surface area contributed by atoms with Crippen LogP contribution in [0.1, 0.15) is 6.42 Å². The number of aromatic nitrogens is 4. The van der Waals surface area contributed by atoms with Gasteiger partial charge in [0.1, 0.15) is 5.69 Å². The molecule has 0 aliphatic rings. The molecule has 0 atom stereocenters. The maximum atomic E-state index is 12.6. The Labute approximate surface area is 172 Å². The van der Waals surface area contributed by atoms with Crippen molar-refractivity contribution >= 4 is 49.2 Å². The van der Waals surface area contributed by atoms with Crippen LogP contribution in [0.5, 0.6) is 0 Å². The fraction of sp³-hybridized carbons (Fsp3) is 0.105. The summed E-state index contributed by atoms with van der Waals surface area (Å²) >= 11 is 4.69. The maximum absolute atomic E-state index is 12.6. The van der Waals surface area contributed by atoms with Crippen LogP contribution >= 0.6 is 27.3 Å². The summed E-state index contributed by atoms with van der Waals surface area (Å²) < 4.78 is 2.25. The molecule has 0 saturated carbocycles. The number of aryl methyl sites for hydroxylation is 1. The van der Waals surface area contributed by atoms with Crippen LogP contribution in [0.4, 0.5) is 5.13 Å². The summed E-state index contributed by atoms with van der Waals surface area (Å²) in [4.78, 5) is 37.7. The van der Waals surface area contributed by atoms with Crippen LogP contribution in [0.2, 0.25) is 0 Å². The number of amides is 1. The Balaban J connectivity index is 1.43. The molecule has 9 heteroatoms. The second kappa shape index (κ2) is 7.99. The first-order chi connectivity index (χ1) is 13.6. The monoisotopic (exact) mass is 455 g/mol. The minimum atomic E-state index is -0.219. The predicted molar refractivity (Wildman–Crippen MR) is 112 cm³/mol. The molecule has 0 fully saturated rings. The Hall–Kier alpha value is -2.91. The summed E-state index contributed by atoms with van der Waals surface area (Å²) in [6, 6.07) is 10.9. The third kappa shape index (κ3) is 4.00. The number of fused-ring (bicyclic) bond motifs is 1. The van der Waals surface area contributed by atoms with E-state index in [0.717, 1.165) is 10.2 Å². The standard InChI is InChI=1S/C19H14BrN5O2S/c20-12-4-5-14-13(9-12)18(27)25(11-22-14)8-6-17(26)24-19-23-16(10-28-19)15-3-1-2-7-21-15/h1-5,7,9-11H,6,8H2,(H,23,24,26). The van der Waals surface area contributed by atoms with Gasteiger partial charge in [0.2, 0.25) is 5.91 Å². The lowest BCUT2D eigenvalue weighted by atomic mass is 10.2. The Morgan fingerprint density at radius 3 is 2.89 bits per heavy atom. The number of nitrogens with one attached hydrogen (secondary N) is 1. The van der Waals surface area contributed by atoms with Gasteiger partial charge in [-0.15, -0.1) is 11.3 Å². The topological polar surface area (TPSA) is 89.8 Å². The Kier molecular flexibility index (Phi) is 5.27. The number of halogens is 1. The number of pyridine rings is 1. The highest BCUT2D eigenvalue weighted by molar-refractivity contribution is 9.10. The quantitative estimate of drug-likeness (QED) is 0.495. The van der Waals surface area contributed by atoms with Crippen molar-refractivity contribution < 1.29 is 4.79 Å². The number of thiazole rings is 1. The third-order valence-corrected chi connectivity index (χ3v) is 5.29. The molecule has 0 bridgehead atoms. The minimum Gasteiger partial charge on any atom is -0.302 e. The second-order valence-corrected chi connectivity index (χ2v) is 7.73. The molecular weight excluding hydrogens is 442 g/mol. The van der Waals surface area contributed by atoms with Crippen molar-refractivity contribution in [3.63, 3.8) is 0 Å². The minimum absolute atomic E-state index is 0.138. The number of hydrogen-bond acceptors (Lipinski definition) is 6. The van der Waals surface area contributed by atoms with Gasteiger partial charge < -0.3 is 5.32 Å². The molecular formula is C19H14BrN5O2S. The van der Waals surface area contributed by atoms with Crippen LogP contribution in [-0.4, -0.2) is 25.4 Å². The molecule has 28 heavy (non-hydrogen) atoms. The molecule has 0 spiro atoms. The highest BCUT2D eigenvalue weighted by atomic mass is 79.9. The van der Waals surface area contributed by atoms with Gasteiger partial charge in [0.15, 0.2) is 5.13 Å². The van der Waals surface area contributed by atoms with Crippen molar-refractivity contribution in [2.45, 2.75) is 13.0 Å². The van der Waals surface area contributed by atoms with E-state index in [9.17, 15) is 9.59 Å². The first-order valence-electron chi connectivity index (χ1n) is 8.41. The summed E-state index contributed by atoms with van der Waals surface area (Å²) in [5.41, 5.74) is 1.91. The van der Waals surface area contributed by atoms with Gasteiger partial charge in [-0.1, -0.05) is 22.0 Å². The molecule has 1 aromatic carbocycles. The number of carbonyl (C=O) groups is 1. The van der Waals surface area contributed by atoms with Gasteiger partial charge in [-0.3, -0.25) is 19.1 Å². The highest BCUT2D eigenvalue weighted by Crippen LogP contribution is 2.23. The zero-order valence-electron chi connectivity index (χ0n) is 14.5. The van der Waals surface area contributed by atoms with E-state index in [2.05, 4.69) is 36.2 Å². The van der Waals surface area contributed by atoms with E-state index < -0.39 is 0 Å². The maximum Gasteiger partial charge on any atom is 0.261 e. The van der Waals surface area contributed by atoms with E-state index in [1.165, 1.54) is 22.2 Å². The fourth-order valence-electron chi connectivity index (χ4n) is 2.66. The van der Waals surface area contributed by atoms with Crippen molar-refractivity contribution in [3.8, 4) is 11.4 Å². The lowest BCUT2D eigenvalue weighted by molar-refractivity contribution is -0.116. The first-order valence-corrected chi connectivity index (χ1v) is 10.1. The van der Waals surface area contributed by atoms with Gasteiger partial charge in [-0.25, -0.2) is 9.97 Å². The molecule has 7 nitrogen and oxygen atoms in total. The molecule has 0 saturated heterocycles. The van der Waals surface area contributed by atoms with E-state index in [0.29, 0.717) is 21.7 Å². The first kappa shape index (κ1) is 18.5. The Bertz CT molecular complexity index is 1210. The summed E-state index contributed by atoms with van der Waals surface area (Å²) in [7, 11) is 0. The molecule has 4 aromatic rings. The van der Waals surface area contributed by atoms with Crippen molar-refractivity contribution in [1.29, 1.82) is 0 Å². The van der Waals surface area contributed by atoms with E-state index >= 15 is 0 Å². The largest absolute Gasteiger partial charge is 0.302 e. The van der Waals surface area contributed by atoms with Gasteiger partial charge in [-0.2, -0.15) is 0 Å². The number of rotatable bonds is 5. The Morgan fingerprint density at radius 1 is 1.18 bits per heavy atom. The second-order valence-electron chi connectivity index (χ2n) is 5.96. The molecule has 0 unspecified atom stereocenters. The van der Waals surface area contributed by atoms with Crippen molar-refractivity contribution in [1.82, 2.24) is 19.5 Å². The smallest absolute Gasteiger partial charge is 0.261 e. The zero-order chi connectivity index (χ0) is 19.5. The van der Waals surface area contributed by atoms with E-state index in [1.54, 1.807) is 18.3 Å². The molecule has 1 N–H and O–H groups in total. The number of anilines is 1. The lowest BCUT2D eigenvalue weighted by Crippen LogP contribution is -2.23. The molecule has 0 aliphatic carbocycles. The van der Waals surface area contributed by atoms with Crippen LogP contribution in [0.25, 0.3) is 22.3 Å². The highest BCUT2D eigenvalue weighted by Gasteiger charge is 2.10. The molecule has 0 radical (unpaired) electrons. The fourth-order valence-corrected chi connectivity index (χ4v) is 3.74. The van der Waals surface area contributed by atoms with Crippen molar-refractivity contribution in [3.05, 3.63) is 69.1 Å². The average molecular weight is 456 g/mol. The van der Waals surface area contributed by atoms with Gasteiger partial charge in [0.25, 0.3) is 5.56 Å². The van der Waals surface area contributed by atoms with Crippen LogP contribution in [0, 0.1) is 0 Å². The van der Waals surface area contributed by atoms with Gasteiger partial charge in [0.05, 0.1) is 22.9 Å². The number of benzene rings is 1. The summed E-state index contributed by atoms with van der Waals surface area (Å²) in [5.74, 6) is -0.219. The molecule has 0 aliphatic heterocycles. The summed E-state index contributed by atoms with van der Waals surface area (Å²) in [5, 5.41) is 5.62. The Morgan fingerprint density at radius 2 is 2.07 bits per heavy atom. The zero-order valence-corrected chi connectivity index (χ0v) is 16.9. The lowest BCUT2D eigenvalue weighted by Gasteiger charge is -2.06. The van der Waals surface area contributed by atoms with Crippen LogP contribution < -0.4 is 10.9 Å². The molecule has 4 rings (SSSR count). The number of hydrogen-bond donors (Lipinski definition) is 1. The molecule has 1 amide bonds. The molecule has 3 heterocycles. The van der Waals surface area contributed by atoms with Crippen molar-refractivity contribution in [2.24, 2.45) is 0 Å². The molecule has 3 aromatic heterocycles. The van der Waals surface area contributed by atoms with Crippen LogP contribution in [0.3, 0.4) is 0 Å². The van der Waals surface area contributed by atoms with Crippen molar-refractivity contribution in [2.75, 3.05) is 5.32 Å². The van der Waals surface area contributed by atoms with Crippen LogP contribution in [-0.2, 0) is 11.3 Å². The summed E-state index contributed by atoms with van der Waals surface area (Å²) in [6.45, 7) is 0.235. The van der Waals surface area contributed by atoms with E-state index in [4.69, 9.17) is 0 Å². The summed E-state index contributed by atoms with van der Waals surface area (Å²) in [6.07, 6.45) is 3.30. The SMILES string of the molecule is O=C(CCn1cnc2ccc(Br)cc2c1=O)Nc1nc(-c2ccccn2)cs1. The van der Waals surface area contributed by atoms with E-state index in [1.807, 2.05) is 29.6 Å². The normalized spacial score (nSPS) is 10.9. The predicted octanol–water partition coefficient (Wildman–Crippen LogP) is 3.71. The van der Waals surface area contributed by atoms with Crippen LogP contribution in [0.15, 0.2) is 63.6 Å². The van der Waals surface area contributed by atoms with Gasteiger partial charge in [-0.05, 0) is 30.3 Å².